The third-order valence-electron chi connectivity index (χ3n) is 3.28. The highest BCUT2D eigenvalue weighted by Gasteiger charge is 2.36. The van der Waals surface area contributed by atoms with Crippen LogP contribution in [0.2, 0.25) is 0 Å². The zero-order valence-corrected chi connectivity index (χ0v) is 15.0. The summed E-state index contributed by atoms with van der Waals surface area (Å²) in [7, 11) is 4.00. The molecule has 19 heavy (non-hydrogen) atoms. The van der Waals surface area contributed by atoms with Gasteiger partial charge in [-0.25, -0.2) is 0 Å². The SMILES string of the molecule is Cc1cc(N(C)C)ccc1P(C(C)(C)C)C(C)(C)C. The second-order valence-corrected chi connectivity index (χ2v) is 11.4. The molecule has 0 N–H and O–H groups in total. The predicted octanol–water partition coefficient (Wildman–Crippen LogP) is 4.77. The maximum atomic E-state index is 2.38. The van der Waals surface area contributed by atoms with Crippen molar-refractivity contribution in [3.63, 3.8) is 0 Å². The van der Waals surface area contributed by atoms with Crippen LogP contribution in [0.3, 0.4) is 0 Å². The molecular formula is C17H30NP. The standard InChI is InChI=1S/C17H30NP/c1-13-12-14(18(8)9)10-11-15(13)19(16(2,3)4)17(5,6)7/h10-12H,1-9H3. The molecule has 0 fully saturated rings. The fraction of sp³-hybridized carbons (Fsp3) is 0.647. The van der Waals surface area contributed by atoms with Gasteiger partial charge in [0.15, 0.2) is 0 Å². The van der Waals surface area contributed by atoms with E-state index in [1.165, 1.54) is 11.3 Å². The molecule has 0 heterocycles. The number of rotatable bonds is 2. The van der Waals surface area contributed by atoms with E-state index >= 15 is 0 Å². The van der Waals surface area contributed by atoms with Crippen molar-refractivity contribution in [2.45, 2.75) is 58.8 Å². The Morgan fingerprint density at radius 3 is 1.68 bits per heavy atom. The smallest absolute Gasteiger partial charge is 0.0364 e. The van der Waals surface area contributed by atoms with Gasteiger partial charge in [0, 0.05) is 19.8 Å². The van der Waals surface area contributed by atoms with Gasteiger partial charge in [-0.2, -0.15) is 0 Å². The maximum absolute atomic E-state index is 2.38. The molecule has 0 aliphatic rings. The lowest BCUT2D eigenvalue weighted by Crippen LogP contribution is -2.32. The van der Waals surface area contributed by atoms with Crippen LogP contribution in [0, 0.1) is 6.92 Å². The van der Waals surface area contributed by atoms with Crippen LogP contribution in [0.15, 0.2) is 18.2 Å². The molecule has 0 saturated carbocycles. The Bertz CT molecular complexity index is 422. The van der Waals surface area contributed by atoms with Gasteiger partial charge in [-0.15, -0.1) is 0 Å². The van der Waals surface area contributed by atoms with Crippen LogP contribution >= 0.6 is 7.92 Å². The molecule has 1 aromatic rings. The first-order valence-corrected chi connectivity index (χ1v) is 8.37. The van der Waals surface area contributed by atoms with Gasteiger partial charge in [0.1, 0.15) is 0 Å². The third kappa shape index (κ3) is 3.96. The largest absolute Gasteiger partial charge is 0.378 e. The fourth-order valence-electron chi connectivity index (χ4n) is 2.90. The molecule has 0 aliphatic carbocycles. The average Bonchev–Trinajstić information content (AvgIpc) is 2.16. The van der Waals surface area contributed by atoms with Crippen molar-refractivity contribution in [2.24, 2.45) is 0 Å². The number of hydrogen-bond donors (Lipinski definition) is 0. The number of anilines is 1. The van der Waals surface area contributed by atoms with E-state index in [0.29, 0.717) is 10.3 Å². The Morgan fingerprint density at radius 1 is 0.895 bits per heavy atom. The molecule has 0 spiro atoms. The summed E-state index contributed by atoms with van der Waals surface area (Å²) in [5.74, 6) is 0. The van der Waals surface area contributed by atoms with Gasteiger partial charge in [-0.1, -0.05) is 55.5 Å². The lowest BCUT2D eigenvalue weighted by atomic mass is 10.2. The van der Waals surface area contributed by atoms with Crippen LogP contribution in [0.4, 0.5) is 5.69 Å². The number of benzene rings is 1. The lowest BCUT2D eigenvalue weighted by molar-refractivity contribution is 0.714. The summed E-state index contributed by atoms with van der Waals surface area (Å²) in [6.07, 6.45) is 0. The highest BCUT2D eigenvalue weighted by molar-refractivity contribution is 7.68. The Hall–Kier alpha value is -0.550. The van der Waals surface area contributed by atoms with Gasteiger partial charge in [0.2, 0.25) is 0 Å². The van der Waals surface area contributed by atoms with Gasteiger partial charge in [-0.3, -0.25) is 0 Å². The first-order valence-electron chi connectivity index (χ1n) is 7.03. The molecule has 0 aromatic heterocycles. The van der Waals surface area contributed by atoms with Crippen LogP contribution in [-0.4, -0.2) is 24.4 Å². The normalized spacial score (nSPS) is 12.9. The molecule has 1 rings (SSSR count). The Morgan fingerprint density at radius 2 is 1.37 bits per heavy atom. The Balaban J connectivity index is 3.33. The van der Waals surface area contributed by atoms with Gasteiger partial charge in [-0.05, 0) is 40.2 Å². The monoisotopic (exact) mass is 279 g/mol. The van der Waals surface area contributed by atoms with E-state index < -0.39 is 0 Å². The maximum Gasteiger partial charge on any atom is 0.0364 e. The summed E-state index contributed by atoms with van der Waals surface area (Å²) < 4.78 is 0. The molecule has 0 atom stereocenters. The molecule has 1 aromatic carbocycles. The van der Waals surface area contributed by atoms with Crippen molar-refractivity contribution < 1.29 is 0 Å². The van der Waals surface area contributed by atoms with E-state index in [1.807, 2.05) is 0 Å². The van der Waals surface area contributed by atoms with Crippen LogP contribution in [-0.2, 0) is 0 Å². The van der Waals surface area contributed by atoms with E-state index in [0.717, 1.165) is 0 Å². The van der Waals surface area contributed by atoms with Crippen LogP contribution in [0.25, 0.3) is 0 Å². The molecular weight excluding hydrogens is 249 g/mol. The van der Waals surface area contributed by atoms with Crippen LogP contribution in [0.1, 0.15) is 47.1 Å². The molecule has 0 aliphatic heterocycles. The first-order chi connectivity index (χ1) is 8.44. The third-order valence-corrected chi connectivity index (χ3v) is 6.95. The zero-order valence-electron chi connectivity index (χ0n) is 14.1. The summed E-state index contributed by atoms with van der Waals surface area (Å²) in [6.45, 7) is 16.5. The van der Waals surface area contributed by atoms with Crippen molar-refractivity contribution in [3.8, 4) is 0 Å². The molecule has 108 valence electrons. The van der Waals surface area contributed by atoms with E-state index in [4.69, 9.17) is 0 Å². The van der Waals surface area contributed by atoms with Crippen molar-refractivity contribution in [3.05, 3.63) is 23.8 Å². The molecule has 1 nitrogen and oxygen atoms in total. The van der Waals surface area contributed by atoms with Gasteiger partial charge in [0.05, 0.1) is 0 Å². The van der Waals surface area contributed by atoms with E-state index in [2.05, 4.69) is 85.7 Å². The molecule has 2 heteroatoms. The number of aryl methyl sites for hydroxylation is 1. The highest BCUT2D eigenvalue weighted by Crippen LogP contribution is 2.58. The molecule has 0 bridgehead atoms. The average molecular weight is 279 g/mol. The minimum absolute atomic E-state index is 0.209. The lowest BCUT2D eigenvalue weighted by Gasteiger charge is -2.42. The number of nitrogens with zero attached hydrogens (tertiary/aromatic N) is 1. The quantitative estimate of drug-likeness (QED) is 0.705. The Kier molecular flexibility index (Phi) is 4.73. The zero-order chi connectivity index (χ0) is 15.0. The van der Waals surface area contributed by atoms with E-state index in [1.54, 1.807) is 5.30 Å². The number of hydrogen-bond acceptors (Lipinski definition) is 1. The van der Waals surface area contributed by atoms with Gasteiger partial charge in [0.25, 0.3) is 0 Å². The molecule has 0 saturated heterocycles. The van der Waals surface area contributed by atoms with Crippen LogP contribution in [0.5, 0.6) is 0 Å². The van der Waals surface area contributed by atoms with Crippen LogP contribution < -0.4 is 10.2 Å². The summed E-state index contributed by atoms with van der Waals surface area (Å²) in [5, 5.41) is 2.22. The van der Waals surface area contributed by atoms with E-state index in [9.17, 15) is 0 Å². The van der Waals surface area contributed by atoms with Crippen molar-refractivity contribution in [2.75, 3.05) is 19.0 Å². The summed E-state index contributed by atoms with van der Waals surface area (Å²) in [4.78, 5) is 2.17. The summed E-state index contributed by atoms with van der Waals surface area (Å²) in [6, 6.07) is 6.93. The minimum atomic E-state index is -0.209. The topological polar surface area (TPSA) is 3.24 Å². The second-order valence-electron chi connectivity index (χ2n) is 7.54. The predicted molar refractivity (Wildman–Crippen MR) is 91.6 cm³/mol. The highest BCUT2D eigenvalue weighted by atomic mass is 31.1. The Labute approximate surface area is 121 Å². The van der Waals surface area contributed by atoms with Gasteiger partial charge >= 0.3 is 0 Å². The van der Waals surface area contributed by atoms with Crippen molar-refractivity contribution in [1.29, 1.82) is 0 Å². The fourth-order valence-corrected chi connectivity index (χ4v) is 7.00. The second kappa shape index (κ2) is 5.44. The summed E-state index contributed by atoms with van der Waals surface area (Å²) >= 11 is 0. The van der Waals surface area contributed by atoms with Crippen molar-refractivity contribution >= 4 is 18.9 Å². The summed E-state index contributed by atoms with van der Waals surface area (Å²) in [5.41, 5.74) is 2.72. The molecule has 0 amide bonds. The van der Waals surface area contributed by atoms with E-state index in [-0.39, 0.29) is 7.92 Å². The molecule has 0 radical (unpaired) electrons. The molecule has 0 unspecified atom stereocenters. The van der Waals surface area contributed by atoms with Crippen molar-refractivity contribution in [1.82, 2.24) is 0 Å². The first kappa shape index (κ1) is 16.5. The minimum Gasteiger partial charge on any atom is -0.378 e. The van der Waals surface area contributed by atoms with Gasteiger partial charge < -0.3 is 4.90 Å².